The zero-order valence-electron chi connectivity index (χ0n) is 15.7. The lowest BCUT2D eigenvalue weighted by Crippen LogP contribution is -2.48. The van der Waals surface area contributed by atoms with Gasteiger partial charge in [0.05, 0.1) is 4.92 Å². The van der Waals surface area contributed by atoms with Crippen molar-refractivity contribution in [2.75, 3.05) is 11.4 Å². The molecule has 1 aromatic heterocycles. The average molecular weight is 383 g/mol. The van der Waals surface area contributed by atoms with Crippen LogP contribution >= 0.6 is 0 Å². The molecule has 0 spiro atoms. The highest BCUT2D eigenvalue weighted by Gasteiger charge is 2.36. The molecule has 2 unspecified atom stereocenters. The molecule has 1 saturated heterocycles. The van der Waals surface area contributed by atoms with Gasteiger partial charge >= 0.3 is 5.69 Å². The zero-order chi connectivity index (χ0) is 20.3. The maximum Gasteiger partial charge on any atom is 0.311 e. The van der Waals surface area contributed by atoms with Crippen molar-refractivity contribution in [1.29, 1.82) is 0 Å². The molecule has 8 nitrogen and oxygen atoms in total. The third-order valence-electron chi connectivity index (χ3n) is 4.89. The number of rotatable bonds is 6. The summed E-state index contributed by atoms with van der Waals surface area (Å²) >= 11 is 0. The van der Waals surface area contributed by atoms with Crippen molar-refractivity contribution in [2.45, 2.75) is 32.9 Å². The lowest BCUT2D eigenvalue weighted by atomic mass is 9.92. The van der Waals surface area contributed by atoms with E-state index in [0.29, 0.717) is 30.7 Å². The van der Waals surface area contributed by atoms with Gasteiger partial charge in [-0.05, 0) is 50.6 Å². The van der Waals surface area contributed by atoms with Crippen LogP contribution in [0.3, 0.4) is 0 Å². The fourth-order valence-corrected chi connectivity index (χ4v) is 3.33. The Morgan fingerprint density at radius 3 is 2.54 bits per heavy atom. The Balaban J connectivity index is 1.91. The summed E-state index contributed by atoms with van der Waals surface area (Å²) in [5, 5.41) is 11.4. The monoisotopic (exact) mass is 383 g/mol. The molecule has 2 atom stereocenters. The molecule has 0 amide bonds. The summed E-state index contributed by atoms with van der Waals surface area (Å²) in [7, 11) is 0. The number of Topliss-reactive ketones (excluding diaryl/α,β-unsaturated/α-hetero) is 2. The number of anilines is 1. The van der Waals surface area contributed by atoms with Crippen LogP contribution in [0.5, 0.6) is 5.75 Å². The van der Waals surface area contributed by atoms with E-state index in [2.05, 4.69) is 4.98 Å². The summed E-state index contributed by atoms with van der Waals surface area (Å²) < 4.78 is 6.07. The molecule has 28 heavy (non-hydrogen) atoms. The van der Waals surface area contributed by atoms with E-state index < -0.39 is 11.2 Å². The lowest BCUT2D eigenvalue weighted by molar-refractivity contribution is -0.384. The number of pyridine rings is 1. The summed E-state index contributed by atoms with van der Waals surface area (Å²) in [6.45, 7) is 3.44. The van der Waals surface area contributed by atoms with Crippen LogP contribution in [0.2, 0.25) is 0 Å². The van der Waals surface area contributed by atoms with Crippen molar-refractivity contribution < 1.29 is 19.2 Å². The Hall–Kier alpha value is -3.29. The first-order valence-electron chi connectivity index (χ1n) is 9.01. The summed E-state index contributed by atoms with van der Waals surface area (Å²) in [5.41, 5.74) is 0.458. The highest BCUT2D eigenvalue weighted by Crippen LogP contribution is 2.34. The Labute approximate surface area is 162 Å². The van der Waals surface area contributed by atoms with Gasteiger partial charge in [-0.1, -0.05) is 0 Å². The first kappa shape index (κ1) is 19.5. The molecule has 2 aromatic rings. The predicted molar refractivity (Wildman–Crippen MR) is 103 cm³/mol. The lowest BCUT2D eigenvalue weighted by Gasteiger charge is -2.38. The van der Waals surface area contributed by atoms with Crippen molar-refractivity contribution in [1.82, 2.24) is 4.98 Å². The number of nitrogens with zero attached hydrogens (tertiary/aromatic N) is 3. The fraction of sp³-hybridized carbons (Fsp3) is 0.350. The van der Waals surface area contributed by atoms with Crippen LogP contribution in [0, 0.1) is 16.0 Å². The van der Waals surface area contributed by atoms with E-state index >= 15 is 0 Å². The van der Waals surface area contributed by atoms with Crippen molar-refractivity contribution in [3.05, 3.63) is 58.3 Å². The molecular formula is C20H21N3O5. The number of hydrogen-bond donors (Lipinski definition) is 0. The van der Waals surface area contributed by atoms with E-state index in [4.69, 9.17) is 4.74 Å². The molecule has 0 N–H and O–H groups in total. The van der Waals surface area contributed by atoms with Crippen LogP contribution in [0.1, 0.15) is 37.0 Å². The molecule has 8 heteroatoms. The quantitative estimate of drug-likeness (QED) is 0.428. The Kier molecular flexibility index (Phi) is 5.67. The molecular weight excluding hydrogens is 362 g/mol. The first-order chi connectivity index (χ1) is 13.4. The Morgan fingerprint density at radius 1 is 1.21 bits per heavy atom. The van der Waals surface area contributed by atoms with Crippen LogP contribution in [0.4, 0.5) is 11.5 Å². The van der Waals surface area contributed by atoms with E-state index in [-0.39, 0.29) is 29.0 Å². The maximum absolute atomic E-state index is 11.9. The molecule has 1 aliphatic rings. The van der Waals surface area contributed by atoms with Gasteiger partial charge in [-0.15, -0.1) is 0 Å². The minimum atomic E-state index is -0.584. The maximum atomic E-state index is 11.9. The smallest absolute Gasteiger partial charge is 0.311 e. The SMILES string of the molecule is CC(=O)c1ccc(OC2CC(C(C)=O)CCN2c2ncccc2[N+](=O)[O-])cc1. The number of ether oxygens (including phenoxy) is 1. The van der Waals surface area contributed by atoms with Gasteiger partial charge in [-0.3, -0.25) is 19.7 Å². The minimum Gasteiger partial charge on any atom is -0.470 e. The van der Waals surface area contributed by atoms with Gasteiger partial charge in [-0.2, -0.15) is 0 Å². The van der Waals surface area contributed by atoms with Crippen molar-refractivity contribution >= 4 is 23.1 Å². The average Bonchev–Trinajstić information content (AvgIpc) is 2.68. The molecule has 2 heterocycles. The van der Waals surface area contributed by atoms with E-state index in [0.717, 1.165) is 0 Å². The number of benzene rings is 1. The predicted octanol–water partition coefficient (Wildman–Crippen LogP) is 3.40. The highest BCUT2D eigenvalue weighted by molar-refractivity contribution is 5.94. The van der Waals surface area contributed by atoms with Crippen LogP contribution in [0.25, 0.3) is 0 Å². The summed E-state index contributed by atoms with van der Waals surface area (Å²) in [5.74, 6) is 0.574. The Bertz CT molecular complexity index is 897. The normalized spacial score (nSPS) is 19.1. The second-order valence-corrected chi connectivity index (χ2v) is 6.78. The number of piperidine rings is 1. The first-order valence-corrected chi connectivity index (χ1v) is 9.01. The zero-order valence-corrected chi connectivity index (χ0v) is 15.7. The van der Waals surface area contributed by atoms with Gasteiger partial charge < -0.3 is 9.64 Å². The van der Waals surface area contributed by atoms with Crippen molar-refractivity contribution in [3.8, 4) is 5.75 Å². The third kappa shape index (κ3) is 4.16. The minimum absolute atomic E-state index is 0.0494. The standard InChI is InChI=1S/C20H21N3O5/c1-13(24)15-5-7-17(8-6-15)28-19-12-16(14(2)25)9-11-22(19)20-18(23(26)27)4-3-10-21-20/h3-8,10,16,19H,9,11-12H2,1-2H3. The molecule has 1 aliphatic heterocycles. The van der Waals surface area contributed by atoms with E-state index in [9.17, 15) is 19.7 Å². The molecule has 0 aliphatic carbocycles. The van der Waals surface area contributed by atoms with E-state index in [1.165, 1.54) is 25.3 Å². The number of ketones is 2. The summed E-state index contributed by atoms with van der Waals surface area (Å²) in [6, 6.07) is 9.60. The van der Waals surface area contributed by atoms with Crippen LogP contribution < -0.4 is 9.64 Å². The molecule has 0 saturated carbocycles. The van der Waals surface area contributed by atoms with Gasteiger partial charge in [0.25, 0.3) is 0 Å². The largest absolute Gasteiger partial charge is 0.470 e. The third-order valence-corrected chi connectivity index (χ3v) is 4.89. The topological polar surface area (TPSA) is 103 Å². The van der Waals surface area contributed by atoms with Gasteiger partial charge in [0.2, 0.25) is 5.82 Å². The van der Waals surface area contributed by atoms with Gasteiger partial charge in [0.1, 0.15) is 11.5 Å². The number of carbonyl (C=O) groups excluding carboxylic acids is 2. The van der Waals surface area contributed by atoms with Crippen molar-refractivity contribution in [2.24, 2.45) is 5.92 Å². The van der Waals surface area contributed by atoms with Gasteiger partial charge in [-0.25, -0.2) is 4.98 Å². The number of carbonyl (C=O) groups is 2. The number of nitro groups is 1. The van der Waals surface area contributed by atoms with E-state index in [1.54, 1.807) is 36.1 Å². The van der Waals surface area contributed by atoms with Crippen LogP contribution in [-0.4, -0.2) is 34.2 Å². The molecule has 1 fully saturated rings. The number of hydrogen-bond acceptors (Lipinski definition) is 7. The molecule has 3 rings (SSSR count). The van der Waals surface area contributed by atoms with Crippen molar-refractivity contribution in [3.63, 3.8) is 0 Å². The highest BCUT2D eigenvalue weighted by atomic mass is 16.6. The Morgan fingerprint density at radius 2 is 1.93 bits per heavy atom. The van der Waals surface area contributed by atoms with Gasteiger partial charge in [0.15, 0.2) is 12.0 Å². The molecule has 0 radical (unpaired) electrons. The molecule has 0 bridgehead atoms. The second kappa shape index (κ2) is 8.16. The molecule has 1 aromatic carbocycles. The fourth-order valence-electron chi connectivity index (χ4n) is 3.33. The second-order valence-electron chi connectivity index (χ2n) is 6.78. The van der Waals surface area contributed by atoms with E-state index in [1.807, 2.05) is 0 Å². The van der Waals surface area contributed by atoms with Crippen LogP contribution in [0.15, 0.2) is 42.6 Å². The van der Waals surface area contributed by atoms with Gasteiger partial charge in [0, 0.05) is 36.7 Å². The summed E-state index contributed by atoms with van der Waals surface area (Å²) in [6.07, 6.45) is 1.89. The number of aromatic nitrogens is 1. The van der Waals surface area contributed by atoms with Crippen LogP contribution in [-0.2, 0) is 4.79 Å². The summed E-state index contributed by atoms with van der Waals surface area (Å²) in [4.78, 5) is 40.2. The molecule has 146 valence electrons.